The van der Waals surface area contributed by atoms with Gasteiger partial charge in [0.25, 0.3) is 11.6 Å². The van der Waals surface area contributed by atoms with E-state index >= 15 is 0 Å². The number of rotatable bonds is 6. The standard InChI is InChI=1S/C20H18ClN5O5/c21-17-18(12-3-1-4-15(27)9-12)25(19(17)28)20(29)22-7-2-8-24-16-10-14(26(30)31)6-5-13(16)11-23-24/h1,3-6,9-11,17-18,27H,2,7-8H2,(H,22,29). The van der Waals surface area contributed by atoms with Crippen molar-refractivity contribution in [3.8, 4) is 5.75 Å². The Morgan fingerprint density at radius 1 is 1.29 bits per heavy atom. The van der Waals surface area contributed by atoms with Crippen molar-refractivity contribution in [1.29, 1.82) is 0 Å². The minimum absolute atomic E-state index is 0.0209. The minimum Gasteiger partial charge on any atom is -0.508 e. The fraction of sp³-hybridized carbons (Fsp3) is 0.250. The first kappa shape index (κ1) is 20.6. The number of benzene rings is 2. The molecule has 4 rings (SSSR count). The Morgan fingerprint density at radius 3 is 2.84 bits per heavy atom. The molecule has 10 nitrogen and oxygen atoms in total. The highest BCUT2D eigenvalue weighted by Crippen LogP contribution is 2.39. The van der Waals surface area contributed by atoms with Crippen LogP contribution in [0.1, 0.15) is 18.0 Å². The number of hydrogen-bond acceptors (Lipinski definition) is 6. The lowest BCUT2D eigenvalue weighted by Gasteiger charge is -2.42. The Labute approximate surface area is 181 Å². The SMILES string of the molecule is O=C(NCCCn1ncc2ccc([N+](=O)[O-])cc21)N1C(=O)C(Cl)C1c1cccc(O)c1. The molecule has 2 unspecified atom stereocenters. The predicted octanol–water partition coefficient (Wildman–Crippen LogP) is 2.94. The van der Waals surface area contributed by atoms with E-state index in [2.05, 4.69) is 10.4 Å². The normalized spacial score (nSPS) is 18.1. The Morgan fingerprint density at radius 2 is 2.10 bits per heavy atom. The number of fused-ring (bicyclic) bond motifs is 1. The van der Waals surface area contributed by atoms with Crippen LogP contribution in [0.2, 0.25) is 0 Å². The van der Waals surface area contributed by atoms with Crippen molar-refractivity contribution in [2.45, 2.75) is 24.4 Å². The zero-order valence-corrected chi connectivity index (χ0v) is 16.9. The lowest BCUT2D eigenvalue weighted by atomic mass is 9.93. The summed E-state index contributed by atoms with van der Waals surface area (Å²) >= 11 is 6.10. The summed E-state index contributed by atoms with van der Waals surface area (Å²) in [5.74, 6) is -0.481. The number of nitro benzene ring substituents is 1. The van der Waals surface area contributed by atoms with E-state index < -0.39 is 28.3 Å². The highest BCUT2D eigenvalue weighted by Gasteiger charge is 2.50. The molecule has 31 heavy (non-hydrogen) atoms. The van der Waals surface area contributed by atoms with Crippen LogP contribution < -0.4 is 5.32 Å². The monoisotopic (exact) mass is 443 g/mol. The summed E-state index contributed by atoms with van der Waals surface area (Å²) in [6.07, 6.45) is 2.12. The number of aryl methyl sites for hydroxylation is 1. The first-order valence-electron chi connectivity index (χ1n) is 9.50. The number of halogens is 1. The molecule has 3 amide bonds. The van der Waals surface area contributed by atoms with Gasteiger partial charge >= 0.3 is 6.03 Å². The van der Waals surface area contributed by atoms with Gasteiger partial charge in [0, 0.05) is 30.6 Å². The van der Waals surface area contributed by atoms with E-state index in [1.807, 2.05) is 0 Å². The fourth-order valence-electron chi connectivity index (χ4n) is 3.57. The molecule has 0 radical (unpaired) electrons. The Balaban J connectivity index is 1.36. The average molecular weight is 444 g/mol. The number of nitrogens with zero attached hydrogens (tertiary/aromatic N) is 4. The van der Waals surface area contributed by atoms with Gasteiger partial charge in [-0.25, -0.2) is 4.79 Å². The summed E-state index contributed by atoms with van der Waals surface area (Å²) in [5.41, 5.74) is 1.18. The van der Waals surface area contributed by atoms with Gasteiger partial charge in [-0.15, -0.1) is 11.6 Å². The van der Waals surface area contributed by atoms with Crippen LogP contribution in [0, 0.1) is 10.1 Å². The maximum absolute atomic E-state index is 12.5. The largest absolute Gasteiger partial charge is 0.508 e. The van der Waals surface area contributed by atoms with Crippen LogP contribution in [0.25, 0.3) is 10.9 Å². The molecule has 2 aromatic carbocycles. The van der Waals surface area contributed by atoms with Gasteiger partial charge in [-0.2, -0.15) is 5.10 Å². The average Bonchev–Trinajstić information content (AvgIpc) is 3.16. The quantitative estimate of drug-likeness (QED) is 0.198. The number of carbonyl (C=O) groups excluding carboxylic acids is 2. The third-order valence-corrected chi connectivity index (χ3v) is 5.55. The van der Waals surface area contributed by atoms with E-state index in [9.17, 15) is 24.8 Å². The predicted molar refractivity (Wildman–Crippen MR) is 112 cm³/mol. The van der Waals surface area contributed by atoms with Crippen LogP contribution in [0.3, 0.4) is 0 Å². The van der Waals surface area contributed by atoms with Crippen molar-refractivity contribution in [2.24, 2.45) is 0 Å². The number of β-lactam (4-membered cyclic amide) rings is 1. The van der Waals surface area contributed by atoms with Crippen molar-refractivity contribution in [1.82, 2.24) is 20.0 Å². The molecular formula is C20H18ClN5O5. The molecule has 2 heterocycles. The van der Waals surface area contributed by atoms with Gasteiger partial charge in [-0.1, -0.05) is 12.1 Å². The molecule has 2 atom stereocenters. The van der Waals surface area contributed by atoms with Crippen molar-refractivity contribution >= 4 is 40.1 Å². The van der Waals surface area contributed by atoms with E-state index in [0.717, 1.165) is 10.3 Å². The van der Waals surface area contributed by atoms with Gasteiger partial charge in [0.15, 0.2) is 0 Å². The number of aromatic nitrogens is 2. The molecule has 11 heteroatoms. The lowest BCUT2D eigenvalue weighted by molar-refractivity contribution is -0.384. The van der Waals surface area contributed by atoms with Gasteiger partial charge in [0.2, 0.25) is 0 Å². The van der Waals surface area contributed by atoms with Crippen molar-refractivity contribution < 1.29 is 19.6 Å². The molecule has 1 aliphatic heterocycles. The van der Waals surface area contributed by atoms with Gasteiger partial charge in [-0.3, -0.25) is 24.5 Å². The van der Waals surface area contributed by atoms with Crippen LogP contribution >= 0.6 is 11.6 Å². The maximum Gasteiger partial charge on any atom is 0.324 e. The highest BCUT2D eigenvalue weighted by molar-refractivity contribution is 6.35. The maximum atomic E-state index is 12.5. The Hall–Kier alpha value is -3.66. The third kappa shape index (κ3) is 3.89. The van der Waals surface area contributed by atoms with Gasteiger partial charge in [0.1, 0.15) is 11.1 Å². The number of alkyl halides is 1. The number of imide groups is 1. The number of nitro groups is 1. The fourth-order valence-corrected chi connectivity index (χ4v) is 3.93. The van der Waals surface area contributed by atoms with Crippen LogP contribution in [0.4, 0.5) is 10.5 Å². The van der Waals surface area contributed by atoms with Crippen molar-refractivity contribution in [3.05, 3.63) is 64.3 Å². The van der Waals surface area contributed by atoms with Crippen LogP contribution in [0.5, 0.6) is 5.75 Å². The first-order chi connectivity index (χ1) is 14.9. The molecule has 3 aromatic rings. The molecule has 0 bridgehead atoms. The summed E-state index contributed by atoms with van der Waals surface area (Å²) in [5, 5.41) is 27.5. The summed E-state index contributed by atoms with van der Waals surface area (Å²) in [4.78, 5) is 36.2. The number of carbonyl (C=O) groups is 2. The lowest BCUT2D eigenvalue weighted by Crippen LogP contribution is -2.61. The van der Waals surface area contributed by atoms with Crippen molar-refractivity contribution in [3.63, 3.8) is 0 Å². The molecule has 2 N–H and O–H groups in total. The number of likely N-dealkylation sites (tertiary alicyclic amines) is 1. The highest BCUT2D eigenvalue weighted by atomic mass is 35.5. The summed E-state index contributed by atoms with van der Waals surface area (Å²) in [6.45, 7) is 0.686. The number of phenols is 1. The summed E-state index contributed by atoms with van der Waals surface area (Å²) in [6, 6.07) is 9.55. The second-order valence-corrected chi connectivity index (χ2v) is 7.57. The van der Waals surface area contributed by atoms with Gasteiger partial charge < -0.3 is 10.4 Å². The molecule has 1 aromatic heterocycles. The second-order valence-electron chi connectivity index (χ2n) is 7.10. The van der Waals surface area contributed by atoms with E-state index in [-0.39, 0.29) is 18.0 Å². The van der Waals surface area contributed by atoms with E-state index in [4.69, 9.17) is 11.6 Å². The number of phenolic OH excluding ortho intramolecular Hbond substituents is 1. The molecular weight excluding hydrogens is 426 g/mol. The van der Waals surface area contributed by atoms with Crippen molar-refractivity contribution in [2.75, 3.05) is 6.54 Å². The number of urea groups is 1. The second kappa shape index (κ2) is 8.23. The number of hydrogen-bond donors (Lipinski definition) is 2. The van der Waals surface area contributed by atoms with E-state index in [0.29, 0.717) is 24.0 Å². The zero-order valence-electron chi connectivity index (χ0n) is 16.1. The molecule has 0 spiro atoms. The molecule has 1 aliphatic rings. The Bertz CT molecular complexity index is 1180. The van der Waals surface area contributed by atoms with E-state index in [1.54, 1.807) is 29.1 Å². The number of amides is 3. The van der Waals surface area contributed by atoms with E-state index in [1.165, 1.54) is 24.3 Å². The number of aromatic hydroxyl groups is 1. The smallest absolute Gasteiger partial charge is 0.324 e. The number of nitrogens with one attached hydrogen (secondary N) is 1. The zero-order chi connectivity index (χ0) is 22.1. The number of non-ortho nitro benzene ring substituents is 1. The summed E-state index contributed by atoms with van der Waals surface area (Å²) in [7, 11) is 0. The molecule has 0 aliphatic carbocycles. The molecule has 160 valence electrons. The van der Waals surface area contributed by atoms with Gasteiger partial charge in [0.05, 0.1) is 22.7 Å². The minimum atomic E-state index is -0.876. The Kier molecular flexibility index (Phi) is 5.47. The first-order valence-corrected chi connectivity index (χ1v) is 9.94. The molecule has 1 saturated heterocycles. The van der Waals surface area contributed by atoms with Crippen LogP contribution in [0.15, 0.2) is 48.7 Å². The molecule has 0 saturated carbocycles. The van der Waals surface area contributed by atoms with Crippen LogP contribution in [-0.4, -0.2) is 48.6 Å². The van der Waals surface area contributed by atoms with Crippen LogP contribution in [-0.2, 0) is 11.3 Å². The van der Waals surface area contributed by atoms with Gasteiger partial charge in [-0.05, 0) is 30.2 Å². The summed E-state index contributed by atoms with van der Waals surface area (Å²) < 4.78 is 1.63. The molecule has 1 fully saturated rings. The third-order valence-electron chi connectivity index (χ3n) is 5.12. The topological polar surface area (TPSA) is 131 Å².